The van der Waals surface area contributed by atoms with Crippen LogP contribution in [-0.2, 0) is 10.0 Å². The quantitative estimate of drug-likeness (QED) is 0.679. The molecule has 0 radical (unpaired) electrons. The number of hydrogen-bond acceptors (Lipinski definition) is 3. The number of rotatable bonds is 6. The van der Waals surface area contributed by atoms with Crippen LogP contribution in [0.3, 0.4) is 0 Å². The number of hydrogen-bond donors (Lipinski definition) is 2. The molecule has 0 aliphatic carbocycles. The van der Waals surface area contributed by atoms with Gasteiger partial charge in [0.25, 0.3) is 15.9 Å². The van der Waals surface area contributed by atoms with Crippen LogP contribution in [-0.4, -0.2) is 14.3 Å². The van der Waals surface area contributed by atoms with Crippen molar-refractivity contribution in [1.29, 1.82) is 0 Å². The maximum Gasteiger partial charge on any atom is 0.261 e. The SMILES string of the molecule is CC(NC(=O)c1cccc(S(=O)(=O)Nc2ccccc2)c1)c1ccccc1. The monoisotopic (exact) mass is 380 g/mol. The molecule has 0 aliphatic rings. The van der Waals surface area contributed by atoms with Crippen LogP contribution in [0.4, 0.5) is 5.69 Å². The van der Waals surface area contributed by atoms with Gasteiger partial charge in [-0.1, -0.05) is 54.6 Å². The lowest BCUT2D eigenvalue weighted by Gasteiger charge is -2.15. The first-order valence-electron chi connectivity index (χ1n) is 8.49. The molecule has 0 aliphatic heterocycles. The summed E-state index contributed by atoms with van der Waals surface area (Å²) in [5.41, 5.74) is 1.72. The topological polar surface area (TPSA) is 75.3 Å². The Hall–Kier alpha value is -3.12. The maximum absolute atomic E-state index is 12.6. The minimum Gasteiger partial charge on any atom is -0.346 e. The average molecular weight is 380 g/mol. The summed E-state index contributed by atoms with van der Waals surface area (Å²) in [5.74, 6) is -0.330. The number of para-hydroxylation sites is 1. The molecule has 0 saturated heterocycles. The second-order valence-corrected chi connectivity index (χ2v) is 7.79. The molecular weight excluding hydrogens is 360 g/mol. The fourth-order valence-corrected chi connectivity index (χ4v) is 3.73. The lowest BCUT2D eigenvalue weighted by atomic mass is 10.1. The van der Waals surface area contributed by atoms with Gasteiger partial charge in [0.05, 0.1) is 10.9 Å². The van der Waals surface area contributed by atoms with Crippen LogP contribution in [0.1, 0.15) is 28.9 Å². The van der Waals surface area contributed by atoms with Crippen molar-refractivity contribution >= 4 is 21.6 Å². The summed E-state index contributed by atoms with van der Waals surface area (Å²) in [7, 11) is -3.78. The number of benzene rings is 3. The summed E-state index contributed by atoms with van der Waals surface area (Å²) in [6.45, 7) is 1.88. The summed E-state index contributed by atoms with van der Waals surface area (Å²) in [6.07, 6.45) is 0. The van der Waals surface area contributed by atoms with E-state index in [1.807, 2.05) is 37.3 Å². The third-order valence-electron chi connectivity index (χ3n) is 4.08. The van der Waals surface area contributed by atoms with E-state index in [0.29, 0.717) is 5.69 Å². The van der Waals surface area contributed by atoms with Crippen LogP contribution in [0.5, 0.6) is 0 Å². The highest BCUT2D eigenvalue weighted by Gasteiger charge is 2.17. The van der Waals surface area contributed by atoms with Gasteiger partial charge >= 0.3 is 0 Å². The highest BCUT2D eigenvalue weighted by atomic mass is 32.2. The maximum atomic E-state index is 12.6. The minimum atomic E-state index is -3.78. The largest absolute Gasteiger partial charge is 0.346 e. The highest BCUT2D eigenvalue weighted by molar-refractivity contribution is 7.92. The number of amides is 1. The van der Waals surface area contributed by atoms with Gasteiger partial charge < -0.3 is 5.32 Å². The van der Waals surface area contributed by atoms with Gasteiger partial charge in [-0.25, -0.2) is 8.42 Å². The Labute approximate surface area is 159 Å². The van der Waals surface area contributed by atoms with Crippen molar-refractivity contribution < 1.29 is 13.2 Å². The zero-order chi connectivity index (χ0) is 19.3. The second-order valence-electron chi connectivity index (χ2n) is 6.11. The van der Waals surface area contributed by atoms with Crippen LogP contribution in [0.25, 0.3) is 0 Å². The van der Waals surface area contributed by atoms with Crippen molar-refractivity contribution in [1.82, 2.24) is 5.32 Å². The number of nitrogens with one attached hydrogen (secondary N) is 2. The smallest absolute Gasteiger partial charge is 0.261 e. The Morgan fingerprint density at radius 1 is 0.852 bits per heavy atom. The first-order valence-corrected chi connectivity index (χ1v) is 9.98. The predicted molar refractivity (Wildman–Crippen MR) is 106 cm³/mol. The molecule has 0 fully saturated rings. The standard InChI is InChI=1S/C21H20N2O3S/c1-16(17-9-4-2-5-10-17)22-21(24)18-11-8-14-20(15-18)27(25,26)23-19-12-6-3-7-13-19/h2-16,23H,1H3,(H,22,24). The summed E-state index contributed by atoms with van der Waals surface area (Å²) in [4.78, 5) is 12.6. The molecule has 0 bridgehead atoms. The summed E-state index contributed by atoms with van der Waals surface area (Å²) < 4.78 is 27.7. The van der Waals surface area contributed by atoms with Gasteiger partial charge in [-0.15, -0.1) is 0 Å². The van der Waals surface area contributed by atoms with E-state index in [1.54, 1.807) is 42.5 Å². The molecule has 1 amide bonds. The van der Waals surface area contributed by atoms with E-state index in [2.05, 4.69) is 10.0 Å². The van der Waals surface area contributed by atoms with Gasteiger partial charge in [0.1, 0.15) is 0 Å². The Kier molecular flexibility index (Phi) is 5.57. The molecule has 3 aromatic carbocycles. The van der Waals surface area contributed by atoms with Crippen LogP contribution in [0.2, 0.25) is 0 Å². The van der Waals surface area contributed by atoms with E-state index < -0.39 is 10.0 Å². The first-order chi connectivity index (χ1) is 13.0. The van der Waals surface area contributed by atoms with Crippen molar-refractivity contribution in [3.8, 4) is 0 Å². The van der Waals surface area contributed by atoms with Gasteiger partial charge in [-0.05, 0) is 42.8 Å². The third-order valence-corrected chi connectivity index (χ3v) is 5.46. The summed E-state index contributed by atoms with van der Waals surface area (Å²) >= 11 is 0. The fraction of sp³-hybridized carbons (Fsp3) is 0.0952. The van der Waals surface area contributed by atoms with Crippen LogP contribution in [0, 0.1) is 0 Å². The Balaban J connectivity index is 1.77. The molecular formula is C21H20N2O3S. The number of carbonyl (C=O) groups excluding carboxylic acids is 1. The second kappa shape index (κ2) is 8.05. The highest BCUT2D eigenvalue weighted by Crippen LogP contribution is 2.18. The Bertz CT molecular complexity index is 1020. The molecule has 0 spiro atoms. The number of anilines is 1. The van der Waals surface area contributed by atoms with E-state index in [4.69, 9.17) is 0 Å². The van der Waals surface area contributed by atoms with Gasteiger partial charge in [0.15, 0.2) is 0 Å². The van der Waals surface area contributed by atoms with E-state index in [1.165, 1.54) is 12.1 Å². The molecule has 2 N–H and O–H groups in total. The van der Waals surface area contributed by atoms with Gasteiger partial charge in [-0.3, -0.25) is 9.52 Å². The molecule has 0 saturated carbocycles. The lowest BCUT2D eigenvalue weighted by Crippen LogP contribution is -2.26. The van der Waals surface area contributed by atoms with Crippen molar-refractivity contribution in [2.75, 3.05) is 4.72 Å². The third kappa shape index (κ3) is 4.74. The molecule has 5 nitrogen and oxygen atoms in total. The van der Waals surface area contributed by atoms with Gasteiger partial charge in [0.2, 0.25) is 0 Å². The molecule has 0 aromatic heterocycles. The number of carbonyl (C=O) groups is 1. The van der Waals surface area contributed by atoms with Crippen LogP contribution in [0.15, 0.2) is 89.8 Å². The van der Waals surface area contributed by atoms with Crippen molar-refractivity contribution in [2.24, 2.45) is 0 Å². The van der Waals surface area contributed by atoms with Crippen LogP contribution < -0.4 is 10.0 Å². The lowest BCUT2D eigenvalue weighted by molar-refractivity contribution is 0.0939. The van der Waals surface area contributed by atoms with E-state index in [9.17, 15) is 13.2 Å². The average Bonchev–Trinajstić information content (AvgIpc) is 2.69. The van der Waals surface area contributed by atoms with E-state index in [-0.39, 0.29) is 22.4 Å². The molecule has 1 unspecified atom stereocenters. The molecule has 1 atom stereocenters. The van der Waals surface area contributed by atoms with Crippen molar-refractivity contribution in [3.63, 3.8) is 0 Å². The van der Waals surface area contributed by atoms with Crippen molar-refractivity contribution in [2.45, 2.75) is 17.9 Å². The number of sulfonamides is 1. The summed E-state index contributed by atoms with van der Waals surface area (Å²) in [5, 5.41) is 2.89. The first kappa shape index (κ1) is 18.7. The summed E-state index contributed by atoms with van der Waals surface area (Å²) in [6, 6.07) is 24.0. The zero-order valence-corrected chi connectivity index (χ0v) is 15.6. The predicted octanol–water partition coefficient (Wildman–Crippen LogP) is 3.98. The Morgan fingerprint density at radius 3 is 2.15 bits per heavy atom. The molecule has 3 rings (SSSR count). The normalized spacial score (nSPS) is 12.2. The molecule has 0 heterocycles. The molecule has 138 valence electrons. The van der Waals surface area contributed by atoms with Crippen molar-refractivity contribution in [3.05, 3.63) is 96.1 Å². The zero-order valence-electron chi connectivity index (χ0n) is 14.8. The molecule has 27 heavy (non-hydrogen) atoms. The van der Waals surface area contributed by atoms with Gasteiger partial charge in [0, 0.05) is 11.3 Å². The molecule has 3 aromatic rings. The Morgan fingerprint density at radius 2 is 1.48 bits per heavy atom. The fourth-order valence-electron chi connectivity index (χ4n) is 2.63. The van der Waals surface area contributed by atoms with Crippen LogP contribution >= 0.6 is 0 Å². The molecule has 6 heteroatoms. The minimum absolute atomic E-state index is 0.0337. The van der Waals surface area contributed by atoms with E-state index in [0.717, 1.165) is 5.56 Å². The van der Waals surface area contributed by atoms with E-state index >= 15 is 0 Å². The van der Waals surface area contributed by atoms with Gasteiger partial charge in [-0.2, -0.15) is 0 Å².